The number of hydrogen-bond acceptors (Lipinski definition) is 3. The summed E-state index contributed by atoms with van der Waals surface area (Å²) in [6.45, 7) is 4.82. The number of hydrogen-bond donors (Lipinski definition) is 1. The summed E-state index contributed by atoms with van der Waals surface area (Å²) in [5.74, 6) is 0. The standard InChI is InChI=1S/C11H19F3N2O2/c1-10(2,3)18-9(17)16-5-4-7(15)6-8(16)11(12,13)14/h7-8H,4-6,15H2,1-3H3/t7-,8-/m1/s1. The van der Waals surface area contributed by atoms with Gasteiger partial charge in [0.1, 0.15) is 11.6 Å². The van der Waals surface area contributed by atoms with Crippen LogP contribution in [-0.2, 0) is 4.74 Å². The van der Waals surface area contributed by atoms with Crippen LogP contribution in [0.1, 0.15) is 33.6 Å². The molecule has 1 fully saturated rings. The number of rotatable bonds is 0. The average molecular weight is 268 g/mol. The molecular formula is C11H19F3N2O2. The third-order valence-electron chi connectivity index (χ3n) is 2.65. The first-order valence-electron chi connectivity index (χ1n) is 5.82. The van der Waals surface area contributed by atoms with Crippen LogP contribution < -0.4 is 5.73 Å². The van der Waals surface area contributed by atoms with Crippen molar-refractivity contribution in [3.8, 4) is 0 Å². The Balaban J connectivity index is 2.81. The highest BCUT2D eigenvalue weighted by atomic mass is 19.4. The van der Waals surface area contributed by atoms with Crippen LogP contribution in [0.3, 0.4) is 0 Å². The summed E-state index contributed by atoms with van der Waals surface area (Å²) in [4.78, 5) is 12.5. The minimum Gasteiger partial charge on any atom is -0.444 e. The number of amides is 1. The molecule has 1 heterocycles. The Labute approximate surface area is 104 Å². The monoisotopic (exact) mass is 268 g/mol. The van der Waals surface area contributed by atoms with Crippen molar-refractivity contribution in [3.63, 3.8) is 0 Å². The van der Waals surface area contributed by atoms with E-state index in [0.717, 1.165) is 4.90 Å². The molecule has 4 nitrogen and oxygen atoms in total. The molecule has 0 saturated carbocycles. The van der Waals surface area contributed by atoms with Crippen molar-refractivity contribution in [1.82, 2.24) is 4.90 Å². The van der Waals surface area contributed by atoms with Crippen LogP contribution in [0.25, 0.3) is 0 Å². The van der Waals surface area contributed by atoms with E-state index in [4.69, 9.17) is 10.5 Å². The van der Waals surface area contributed by atoms with Crippen molar-refractivity contribution in [2.45, 2.75) is 57.5 Å². The first-order valence-corrected chi connectivity index (χ1v) is 5.82. The number of alkyl halides is 3. The van der Waals surface area contributed by atoms with Crippen molar-refractivity contribution in [1.29, 1.82) is 0 Å². The van der Waals surface area contributed by atoms with Crippen molar-refractivity contribution in [3.05, 3.63) is 0 Å². The molecular weight excluding hydrogens is 249 g/mol. The number of carbonyl (C=O) groups is 1. The molecule has 1 rings (SSSR count). The second kappa shape index (κ2) is 4.95. The lowest BCUT2D eigenvalue weighted by Gasteiger charge is -2.39. The summed E-state index contributed by atoms with van der Waals surface area (Å²) in [5.41, 5.74) is 4.72. The topological polar surface area (TPSA) is 55.6 Å². The summed E-state index contributed by atoms with van der Waals surface area (Å²) < 4.78 is 43.5. The fourth-order valence-corrected chi connectivity index (χ4v) is 1.84. The molecule has 1 amide bonds. The van der Waals surface area contributed by atoms with Crippen LogP contribution in [0.5, 0.6) is 0 Å². The maximum absolute atomic E-state index is 12.9. The Hall–Kier alpha value is -0.980. The molecule has 0 unspecified atom stereocenters. The van der Waals surface area contributed by atoms with E-state index in [-0.39, 0.29) is 13.0 Å². The van der Waals surface area contributed by atoms with Gasteiger partial charge < -0.3 is 10.5 Å². The lowest BCUT2D eigenvalue weighted by atomic mass is 9.98. The van der Waals surface area contributed by atoms with E-state index in [1.807, 2.05) is 0 Å². The zero-order valence-corrected chi connectivity index (χ0v) is 10.8. The average Bonchev–Trinajstić information content (AvgIpc) is 2.13. The summed E-state index contributed by atoms with van der Waals surface area (Å²) in [6.07, 6.45) is -5.33. The van der Waals surface area contributed by atoms with Gasteiger partial charge in [-0.3, -0.25) is 4.90 Å². The summed E-state index contributed by atoms with van der Waals surface area (Å²) in [5, 5.41) is 0. The van der Waals surface area contributed by atoms with E-state index in [1.165, 1.54) is 0 Å². The summed E-state index contributed by atoms with van der Waals surface area (Å²) >= 11 is 0. The largest absolute Gasteiger partial charge is 0.444 e. The number of carbonyl (C=O) groups excluding carboxylic acids is 1. The van der Waals surface area contributed by atoms with E-state index < -0.39 is 30.0 Å². The lowest BCUT2D eigenvalue weighted by molar-refractivity contribution is -0.188. The van der Waals surface area contributed by atoms with E-state index in [2.05, 4.69) is 0 Å². The molecule has 1 saturated heterocycles. The Morgan fingerprint density at radius 2 is 1.89 bits per heavy atom. The maximum atomic E-state index is 12.9. The molecule has 1 aliphatic rings. The first-order chi connectivity index (χ1) is 8.00. The number of halogens is 3. The fraction of sp³-hybridized carbons (Fsp3) is 0.909. The van der Waals surface area contributed by atoms with Gasteiger partial charge in [0.05, 0.1) is 0 Å². The van der Waals surface area contributed by atoms with Gasteiger partial charge >= 0.3 is 12.3 Å². The predicted molar refractivity (Wildman–Crippen MR) is 60.0 cm³/mol. The van der Waals surface area contributed by atoms with Crippen molar-refractivity contribution >= 4 is 6.09 Å². The van der Waals surface area contributed by atoms with Crippen LogP contribution >= 0.6 is 0 Å². The van der Waals surface area contributed by atoms with E-state index in [9.17, 15) is 18.0 Å². The van der Waals surface area contributed by atoms with Crippen LogP contribution in [0.15, 0.2) is 0 Å². The Morgan fingerprint density at radius 1 is 1.33 bits per heavy atom. The molecule has 0 aromatic rings. The Bertz CT molecular complexity index is 312. The summed E-state index contributed by atoms with van der Waals surface area (Å²) in [7, 11) is 0. The Kier molecular flexibility index (Phi) is 4.15. The quantitative estimate of drug-likeness (QED) is 0.733. The number of likely N-dealkylation sites (tertiary alicyclic amines) is 1. The van der Waals surface area contributed by atoms with Gasteiger partial charge in [-0.1, -0.05) is 0 Å². The molecule has 1 aliphatic heterocycles. The fourth-order valence-electron chi connectivity index (χ4n) is 1.84. The van der Waals surface area contributed by atoms with E-state index in [1.54, 1.807) is 20.8 Å². The predicted octanol–water partition coefficient (Wildman–Crippen LogP) is 2.28. The number of nitrogens with zero attached hydrogens (tertiary/aromatic N) is 1. The van der Waals surface area contributed by atoms with Gasteiger partial charge in [0.2, 0.25) is 0 Å². The zero-order chi connectivity index (χ0) is 14.1. The molecule has 0 bridgehead atoms. The second-order valence-corrected chi connectivity index (χ2v) is 5.52. The molecule has 0 aromatic carbocycles. The van der Waals surface area contributed by atoms with Crippen molar-refractivity contribution in [2.24, 2.45) is 5.73 Å². The van der Waals surface area contributed by atoms with Crippen LogP contribution in [-0.4, -0.2) is 41.4 Å². The maximum Gasteiger partial charge on any atom is 0.410 e. The van der Waals surface area contributed by atoms with E-state index >= 15 is 0 Å². The van der Waals surface area contributed by atoms with Crippen molar-refractivity contribution < 1.29 is 22.7 Å². The SMILES string of the molecule is CC(C)(C)OC(=O)N1CC[C@@H](N)C[C@@H]1C(F)(F)F. The molecule has 0 aromatic heterocycles. The van der Waals surface area contributed by atoms with Gasteiger partial charge in [-0.15, -0.1) is 0 Å². The molecule has 7 heteroatoms. The Morgan fingerprint density at radius 3 is 2.33 bits per heavy atom. The van der Waals surface area contributed by atoms with Gasteiger partial charge in [0.15, 0.2) is 0 Å². The minimum atomic E-state index is -4.48. The normalized spacial score (nSPS) is 26.1. The molecule has 0 radical (unpaired) electrons. The van der Waals surface area contributed by atoms with Gasteiger partial charge in [0.25, 0.3) is 0 Å². The zero-order valence-electron chi connectivity index (χ0n) is 10.8. The van der Waals surface area contributed by atoms with Gasteiger partial charge in [0, 0.05) is 12.6 Å². The molecule has 106 valence electrons. The second-order valence-electron chi connectivity index (χ2n) is 5.52. The van der Waals surface area contributed by atoms with Crippen LogP contribution in [0.4, 0.5) is 18.0 Å². The number of piperidine rings is 1. The molecule has 18 heavy (non-hydrogen) atoms. The summed E-state index contributed by atoms with van der Waals surface area (Å²) in [6, 6.07) is -2.38. The number of nitrogens with two attached hydrogens (primary N) is 1. The highest BCUT2D eigenvalue weighted by Gasteiger charge is 2.48. The van der Waals surface area contributed by atoms with Gasteiger partial charge in [-0.2, -0.15) is 13.2 Å². The number of ether oxygens (including phenoxy) is 1. The molecule has 0 aliphatic carbocycles. The third kappa shape index (κ3) is 4.04. The van der Waals surface area contributed by atoms with Gasteiger partial charge in [-0.05, 0) is 33.6 Å². The third-order valence-corrected chi connectivity index (χ3v) is 2.65. The minimum absolute atomic E-state index is 0.0275. The van der Waals surface area contributed by atoms with Crippen LogP contribution in [0.2, 0.25) is 0 Å². The lowest BCUT2D eigenvalue weighted by Crippen LogP contribution is -2.56. The first kappa shape index (κ1) is 15.1. The smallest absolute Gasteiger partial charge is 0.410 e. The molecule has 2 N–H and O–H groups in total. The molecule has 2 atom stereocenters. The molecule has 0 spiro atoms. The van der Waals surface area contributed by atoms with E-state index in [0.29, 0.717) is 6.42 Å². The van der Waals surface area contributed by atoms with Crippen molar-refractivity contribution in [2.75, 3.05) is 6.54 Å². The highest BCUT2D eigenvalue weighted by Crippen LogP contribution is 2.32. The van der Waals surface area contributed by atoms with Crippen LogP contribution in [0, 0.1) is 0 Å². The highest BCUT2D eigenvalue weighted by molar-refractivity contribution is 5.68. The van der Waals surface area contributed by atoms with Gasteiger partial charge in [-0.25, -0.2) is 4.79 Å².